The van der Waals surface area contributed by atoms with Crippen molar-refractivity contribution in [2.45, 2.75) is 50.4 Å². The number of ether oxygens (including phenoxy) is 2. The molecule has 0 unspecified atom stereocenters. The summed E-state index contributed by atoms with van der Waals surface area (Å²) in [4.78, 5) is 24.1. The van der Waals surface area contributed by atoms with Gasteiger partial charge in [-0.05, 0) is 54.3 Å². The molecule has 0 heterocycles. The summed E-state index contributed by atoms with van der Waals surface area (Å²) in [6, 6.07) is 9.64. The molecule has 0 spiro atoms. The van der Waals surface area contributed by atoms with E-state index < -0.39 is 29.2 Å². The third-order valence-corrected chi connectivity index (χ3v) is 5.77. The fraction of sp³-hybridized carbons (Fsp3) is 0.360. The zero-order valence-corrected chi connectivity index (χ0v) is 18.7. The van der Waals surface area contributed by atoms with Gasteiger partial charge in [-0.25, -0.2) is 4.79 Å². The number of alkyl halides is 3. The van der Waals surface area contributed by atoms with Gasteiger partial charge in [-0.2, -0.15) is 13.2 Å². The lowest BCUT2D eigenvalue weighted by Crippen LogP contribution is -2.55. The molecule has 2 aromatic carbocycles. The molecule has 182 valence electrons. The summed E-state index contributed by atoms with van der Waals surface area (Å²) in [6.45, 7) is 0.0450. The Morgan fingerprint density at radius 2 is 1.74 bits per heavy atom. The fourth-order valence-corrected chi connectivity index (χ4v) is 3.86. The molecule has 1 aliphatic carbocycles. The first-order chi connectivity index (χ1) is 16.1. The number of carboxylic acids is 1. The van der Waals surface area contributed by atoms with E-state index in [1.54, 1.807) is 18.2 Å². The van der Waals surface area contributed by atoms with E-state index in [4.69, 9.17) is 9.47 Å². The molecule has 6 nitrogen and oxygen atoms in total. The Kier molecular flexibility index (Phi) is 7.86. The first-order valence-electron chi connectivity index (χ1n) is 10.8. The molecule has 9 heteroatoms. The highest BCUT2D eigenvalue weighted by Crippen LogP contribution is 2.32. The van der Waals surface area contributed by atoms with Gasteiger partial charge in [-0.1, -0.05) is 37.5 Å². The maximum atomic E-state index is 12.7. The summed E-state index contributed by atoms with van der Waals surface area (Å²) in [5, 5.41) is 12.2. The lowest BCUT2D eigenvalue weighted by molar-refractivity contribution is -0.148. The van der Waals surface area contributed by atoms with Crippen molar-refractivity contribution < 1.29 is 37.3 Å². The van der Waals surface area contributed by atoms with E-state index in [1.165, 1.54) is 31.4 Å². The molecule has 0 saturated heterocycles. The molecule has 34 heavy (non-hydrogen) atoms. The smallest absolute Gasteiger partial charge is 0.416 e. The van der Waals surface area contributed by atoms with E-state index in [1.807, 2.05) is 0 Å². The minimum Gasteiger partial charge on any atom is -0.493 e. The van der Waals surface area contributed by atoms with Gasteiger partial charge in [0.15, 0.2) is 11.5 Å². The molecule has 1 amide bonds. The summed E-state index contributed by atoms with van der Waals surface area (Å²) in [6.07, 6.45) is 1.68. The van der Waals surface area contributed by atoms with Crippen LogP contribution < -0.4 is 14.8 Å². The van der Waals surface area contributed by atoms with Crippen LogP contribution in [-0.2, 0) is 22.4 Å². The highest BCUT2D eigenvalue weighted by molar-refractivity contribution is 5.96. The summed E-state index contributed by atoms with van der Waals surface area (Å²) < 4.78 is 49.1. The number of hydrogen-bond acceptors (Lipinski definition) is 4. The number of carbonyl (C=O) groups excluding carboxylic acids is 1. The van der Waals surface area contributed by atoms with Crippen LogP contribution in [0.3, 0.4) is 0 Å². The normalized spacial score (nSPS) is 15.6. The largest absolute Gasteiger partial charge is 0.493 e. The zero-order chi connectivity index (χ0) is 24.8. The molecule has 1 aliphatic rings. The quantitative estimate of drug-likeness (QED) is 0.510. The van der Waals surface area contributed by atoms with Crippen molar-refractivity contribution in [3.05, 3.63) is 65.2 Å². The zero-order valence-electron chi connectivity index (χ0n) is 18.7. The van der Waals surface area contributed by atoms with Gasteiger partial charge in [0.2, 0.25) is 5.91 Å². The number of nitrogens with one attached hydrogen (secondary N) is 1. The van der Waals surface area contributed by atoms with Crippen molar-refractivity contribution in [1.82, 2.24) is 5.32 Å². The van der Waals surface area contributed by atoms with Crippen molar-refractivity contribution in [2.24, 2.45) is 0 Å². The molecule has 0 aromatic heterocycles. The Bertz CT molecular complexity index is 1040. The van der Waals surface area contributed by atoms with Crippen LogP contribution in [0.2, 0.25) is 0 Å². The van der Waals surface area contributed by atoms with Crippen LogP contribution in [0, 0.1) is 0 Å². The summed E-state index contributed by atoms with van der Waals surface area (Å²) in [5.74, 6) is -0.754. The number of carbonyl (C=O) groups is 2. The van der Waals surface area contributed by atoms with Gasteiger partial charge in [0.25, 0.3) is 0 Å². The van der Waals surface area contributed by atoms with E-state index in [0.717, 1.165) is 31.4 Å². The van der Waals surface area contributed by atoms with Crippen molar-refractivity contribution in [1.29, 1.82) is 0 Å². The topological polar surface area (TPSA) is 84.9 Å². The van der Waals surface area contributed by atoms with Crippen molar-refractivity contribution >= 4 is 18.0 Å². The Morgan fingerprint density at radius 3 is 2.32 bits per heavy atom. The molecular weight excluding hydrogens is 451 g/mol. The average molecular weight is 477 g/mol. The first-order valence-corrected chi connectivity index (χ1v) is 10.8. The highest BCUT2D eigenvalue weighted by atomic mass is 19.4. The molecule has 1 saturated carbocycles. The Morgan fingerprint density at radius 1 is 1.06 bits per heavy atom. The van der Waals surface area contributed by atoms with Gasteiger partial charge < -0.3 is 19.9 Å². The van der Waals surface area contributed by atoms with Gasteiger partial charge >= 0.3 is 12.1 Å². The van der Waals surface area contributed by atoms with E-state index in [2.05, 4.69) is 5.32 Å². The van der Waals surface area contributed by atoms with Gasteiger partial charge in [-0.3, -0.25) is 4.79 Å². The summed E-state index contributed by atoms with van der Waals surface area (Å²) in [5.41, 5.74) is -0.771. The second-order valence-corrected chi connectivity index (χ2v) is 8.16. The number of methoxy groups -OCH3 is 1. The molecular formula is C25H26F3NO5. The van der Waals surface area contributed by atoms with Gasteiger partial charge in [0.1, 0.15) is 12.1 Å². The SMILES string of the molecule is COc1cc(/C=C/C(=O)NC2(C(=O)O)CCCCC2)ccc1OCc1ccc(C(F)(F)F)cc1. The van der Waals surface area contributed by atoms with Crippen LogP contribution in [0.25, 0.3) is 6.08 Å². The third-order valence-electron chi connectivity index (χ3n) is 5.77. The number of carboxylic acid groups (broad SMARTS) is 1. The minimum atomic E-state index is -4.40. The second kappa shape index (κ2) is 10.6. The molecule has 0 atom stereocenters. The third kappa shape index (κ3) is 6.30. The predicted octanol–water partition coefficient (Wildman–Crippen LogP) is 5.21. The van der Waals surface area contributed by atoms with E-state index >= 15 is 0 Å². The summed E-state index contributed by atoms with van der Waals surface area (Å²) in [7, 11) is 1.44. The minimum absolute atomic E-state index is 0.0450. The van der Waals surface area contributed by atoms with Crippen LogP contribution in [0.15, 0.2) is 48.5 Å². The Balaban J connectivity index is 1.63. The monoisotopic (exact) mass is 477 g/mol. The maximum absolute atomic E-state index is 12.7. The number of hydrogen-bond donors (Lipinski definition) is 2. The molecule has 2 N–H and O–H groups in total. The number of benzene rings is 2. The Labute approximate surface area is 195 Å². The fourth-order valence-electron chi connectivity index (χ4n) is 3.86. The van der Waals surface area contributed by atoms with Crippen LogP contribution in [0.5, 0.6) is 11.5 Å². The molecule has 0 radical (unpaired) electrons. The number of halogens is 3. The van der Waals surface area contributed by atoms with Crippen LogP contribution in [0.4, 0.5) is 13.2 Å². The standard InChI is InChI=1S/C25H26F3NO5/c1-33-21-15-17(8-12-22(30)29-24(23(31)32)13-3-2-4-14-24)7-11-20(21)34-16-18-5-9-19(10-6-18)25(26,27)28/h5-12,15H,2-4,13-14,16H2,1H3,(H,29,30)(H,31,32)/b12-8+. The number of amides is 1. The molecule has 3 rings (SSSR count). The maximum Gasteiger partial charge on any atom is 0.416 e. The van der Waals surface area contributed by atoms with Crippen molar-refractivity contribution in [2.75, 3.05) is 7.11 Å². The average Bonchev–Trinajstić information content (AvgIpc) is 2.81. The highest BCUT2D eigenvalue weighted by Gasteiger charge is 2.40. The van der Waals surface area contributed by atoms with E-state index in [0.29, 0.717) is 35.5 Å². The number of rotatable bonds is 8. The van der Waals surface area contributed by atoms with Crippen molar-refractivity contribution in [3.8, 4) is 11.5 Å². The predicted molar refractivity (Wildman–Crippen MR) is 119 cm³/mol. The first kappa shape index (κ1) is 25.1. The van der Waals surface area contributed by atoms with Crippen LogP contribution in [0.1, 0.15) is 48.8 Å². The van der Waals surface area contributed by atoms with E-state index in [9.17, 15) is 27.9 Å². The molecule has 1 fully saturated rings. The van der Waals surface area contributed by atoms with Crippen LogP contribution in [-0.4, -0.2) is 29.6 Å². The van der Waals surface area contributed by atoms with Gasteiger partial charge in [0.05, 0.1) is 12.7 Å². The molecule has 0 bridgehead atoms. The number of aliphatic carboxylic acids is 1. The van der Waals surface area contributed by atoms with E-state index in [-0.39, 0.29) is 6.61 Å². The second-order valence-electron chi connectivity index (χ2n) is 8.16. The van der Waals surface area contributed by atoms with Gasteiger partial charge in [0, 0.05) is 6.08 Å². The lowest BCUT2D eigenvalue weighted by atomic mass is 9.81. The van der Waals surface area contributed by atoms with Gasteiger partial charge in [-0.15, -0.1) is 0 Å². The lowest BCUT2D eigenvalue weighted by Gasteiger charge is -2.33. The molecule has 0 aliphatic heterocycles. The van der Waals surface area contributed by atoms with Crippen molar-refractivity contribution in [3.63, 3.8) is 0 Å². The summed E-state index contributed by atoms with van der Waals surface area (Å²) >= 11 is 0. The molecule has 2 aromatic rings. The Hall–Kier alpha value is -3.49. The van der Waals surface area contributed by atoms with Crippen LogP contribution >= 0.6 is 0 Å².